The molecule has 0 saturated heterocycles. The first-order chi connectivity index (χ1) is 9.42. The molecule has 0 atom stereocenters. The van der Waals surface area contributed by atoms with Crippen LogP contribution in [0.25, 0.3) is 0 Å². The minimum atomic E-state index is 0.853. The Morgan fingerprint density at radius 1 is 1.11 bits per heavy atom. The maximum Gasteiger partial charge on any atom is 0.122 e. The Balaban J connectivity index is 1.38. The standard InChI is InChI=1S/C17H23NO/c1-2-4-14(3-1)7-10-18-11-8-15-5-6-17-16(13-15)9-12-19-17/h3,5-6,13,18H,1-2,4,7-12H2. The number of hydrogen-bond acceptors (Lipinski definition) is 2. The van der Waals surface area contributed by atoms with Crippen LogP contribution >= 0.6 is 0 Å². The van der Waals surface area contributed by atoms with Crippen LogP contribution in [0.1, 0.15) is 36.8 Å². The zero-order chi connectivity index (χ0) is 12.9. The summed E-state index contributed by atoms with van der Waals surface area (Å²) in [5.41, 5.74) is 4.47. The Bertz CT molecular complexity index is 464. The summed E-state index contributed by atoms with van der Waals surface area (Å²) in [6.07, 6.45) is 9.84. The molecular weight excluding hydrogens is 234 g/mol. The Labute approximate surface area is 115 Å². The van der Waals surface area contributed by atoms with E-state index in [9.17, 15) is 0 Å². The quantitative estimate of drug-likeness (QED) is 0.624. The number of allylic oxidation sites excluding steroid dienone is 1. The van der Waals surface area contributed by atoms with Gasteiger partial charge in [-0.15, -0.1) is 0 Å². The highest BCUT2D eigenvalue weighted by molar-refractivity contribution is 5.39. The van der Waals surface area contributed by atoms with E-state index in [-0.39, 0.29) is 0 Å². The molecule has 2 aliphatic rings. The predicted octanol–water partition coefficient (Wildman–Crippen LogP) is 3.25. The van der Waals surface area contributed by atoms with Crippen LogP contribution in [0.2, 0.25) is 0 Å². The normalized spacial score (nSPS) is 17.2. The van der Waals surface area contributed by atoms with E-state index < -0.39 is 0 Å². The molecule has 0 amide bonds. The molecule has 0 aromatic heterocycles. The third kappa shape index (κ3) is 3.38. The Morgan fingerprint density at radius 2 is 2.05 bits per heavy atom. The fourth-order valence-electron chi connectivity index (χ4n) is 2.97. The van der Waals surface area contributed by atoms with Gasteiger partial charge in [-0.25, -0.2) is 0 Å². The van der Waals surface area contributed by atoms with Crippen molar-refractivity contribution in [3.05, 3.63) is 41.0 Å². The number of ether oxygens (including phenoxy) is 1. The molecule has 1 heterocycles. The second-order valence-electron chi connectivity index (χ2n) is 5.55. The lowest BCUT2D eigenvalue weighted by Gasteiger charge is -2.07. The number of fused-ring (bicyclic) bond motifs is 1. The summed E-state index contributed by atoms with van der Waals surface area (Å²) in [5, 5.41) is 3.56. The van der Waals surface area contributed by atoms with Crippen molar-refractivity contribution >= 4 is 0 Å². The van der Waals surface area contributed by atoms with Gasteiger partial charge in [0.15, 0.2) is 0 Å². The van der Waals surface area contributed by atoms with E-state index >= 15 is 0 Å². The van der Waals surface area contributed by atoms with Crippen LogP contribution in [0.5, 0.6) is 5.75 Å². The van der Waals surface area contributed by atoms with Crippen LogP contribution in [0.3, 0.4) is 0 Å². The van der Waals surface area contributed by atoms with Gasteiger partial charge in [0.1, 0.15) is 5.75 Å². The van der Waals surface area contributed by atoms with Gasteiger partial charge in [0, 0.05) is 6.42 Å². The van der Waals surface area contributed by atoms with Crippen molar-refractivity contribution < 1.29 is 4.74 Å². The Kier molecular flexibility index (Phi) is 4.19. The molecule has 1 N–H and O–H groups in total. The van der Waals surface area contributed by atoms with Crippen LogP contribution in [-0.4, -0.2) is 19.7 Å². The van der Waals surface area contributed by atoms with Gasteiger partial charge in [-0.2, -0.15) is 0 Å². The van der Waals surface area contributed by atoms with Gasteiger partial charge >= 0.3 is 0 Å². The van der Waals surface area contributed by atoms with E-state index in [1.54, 1.807) is 5.57 Å². The molecule has 0 saturated carbocycles. The summed E-state index contributed by atoms with van der Waals surface area (Å²) in [4.78, 5) is 0. The molecule has 1 aromatic carbocycles. The van der Waals surface area contributed by atoms with Crippen LogP contribution in [0.4, 0.5) is 0 Å². The van der Waals surface area contributed by atoms with Gasteiger partial charge in [-0.1, -0.05) is 23.8 Å². The molecule has 1 aromatic rings. The Hall–Kier alpha value is -1.28. The lowest BCUT2D eigenvalue weighted by atomic mass is 10.1. The van der Waals surface area contributed by atoms with E-state index in [4.69, 9.17) is 4.74 Å². The van der Waals surface area contributed by atoms with Crippen LogP contribution in [0, 0.1) is 0 Å². The average molecular weight is 257 g/mol. The SMILES string of the molecule is C1=C(CCNCCc2ccc3c(c2)CCO3)CCC1. The summed E-state index contributed by atoms with van der Waals surface area (Å²) < 4.78 is 5.53. The highest BCUT2D eigenvalue weighted by atomic mass is 16.5. The molecule has 2 nitrogen and oxygen atoms in total. The number of nitrogens with one attached hydrogen (secondary N) is 1. The van der Waals surface area contributed by atoms with Gasteiger partial charge in [-0.05, 0) is 62.4 Å². The summed E-state index contributed by atoms with van der Waals surface area (Å²) in [6.45, 7) is 3.05. The molecule has 0 spiro atoms. The smallest absolute Gasteiger partial charge is 0.122 e. The maximum atomic E-state index is 5.53. The lowest BCUT2D eigenvalue weighted by molar-refractivity contribution is 0.357. The zero-order valence-corrected chi connectivity index (χ0v) is 11.6. The molecule has 1 aliphatic heterocycles. The van der Waals surface area contributed by atoms with Crippen molar-refractivity contribution in [3.63, 3.8) is 0 Å². The number of benzene rings is 1. The average Bonchev–Trinajstić information content (AvgIpc) is 3.08. The topological polar surface area (TPSA) is 21.3 Å². The van der Waals surface area contributed by atoms with E-state index in [0.717, 1.165) is 38.3 Å². The van der Waals surface area contributed by atoms with E-state index in [1.165, 1.54) is 36.8 Å². The number of rotatable bonds is 6. The molecule has 19 heavy (non-hydrogen) atoms. The van der Waals surface area contributed by atoms with Gasteiger partial charge in [0.2, 0.25) is 0 Å². The first-order valence-electron chi connectivity index (χ1n) is 7.55. The van der Waals surface area contributed by atoms with Gasteiger partial charge in [-0.3, -0.25) is 0 Å². The third-order valence-corrected chi connectivity index (χ3v) is 4.10. The summed E-state index contributed by atoms with van der Waals surface area (Å²) >= 11 is 0. The van der Waals surface area contributed by atoms with Crippen LogP contribution in [-0.2, 0) is 12.8 Å². The van der Waals surface area contributed by atoms with Crippen LogP contribution < -0.4 is 10.1 Å². The fraction of sp³-hybridized carbons (Fsp3) is 0.529. The van der Waals surface area contributed by atoms with Gasteiger partial charge in [0.25, 0.3) is 0 Å². The first-order valence-corrected chi connectivity index (χ1v) is 7.55. The van der Waals surface area contributed by atoms with Crippen molar-refractivity contribution in [3.8, 4) is 5.75 Å². The van der Waals surface area contributed by atoms with Gasteiger partial charge in [0.05, 0.1) is 6.61 Å². The Morgan fingerprint density at radius 3 is 2.95 bits per heavy atom. The second-order valence-corrected chi connectivity index (χ2v) is 5.55. The van der Waals surface area contributed by atoms with Gasteiger partial charge < -0.3 is 10.1 Å². The maximum absolute atomic E-state index is 5.53. The van der Waals surface area contributed by atoms with Crippen LogP contribution in [0.15, 0.2) is 29.8 Å². The monoisotopic (exact) mass is 257 g/mol. The predicted molar refractivity (Wildman–Crippen MR) is 78.8 cm³/mol. The highest BCUT2D eigenvalue weighted by Crippen LogP contribution is 2.25. The van der Waals surface area contributed by atoms with E-state index in [1.807, 2.05) is 0 Å². The molecule has 2 heteroatoms. The molecular formula is C17H23NO. The minimum Gasteiger partial charge on any atom is -0.493 e. The zero-order valence-electron chi connectivity index (χ0n) is 11.6. The summed E-state index contributed by atoms with van der Waals surface area (Å²) in [7, 11) is 0. The summed E-state index contributed by atoms with van der Waals surface area (Å²) in [5.74, 6) is 1.09. The molecule has 0 radical (unpaired) electrons. The van der Waals surface area contributed by atoms with E-state index in [2.05, 4.69) is 29.6 Å². The van der Waals surface area contributed by atoms with Crippen molar-refractivity contribution in [2.75, 3.05) is 19.7 Å². The highest BCUT2D eigenvalue weighted by Gasteiger charge is 2.11. The summed E-state index contributed by atoms with van der Waals surface area (Å²) in [6, 6.07) is 6.63. The van der Waals surface area contributed by atoms with Crippen molar-refractivity contribution in [1.82, 2.24) is 5.32 Å². The fourth-order valence-corrected chi connectivity index (χ4v) is 2.97. The molecule has 0 unspecified atom stereocenters. The first kappa shape index (κ1) is 12.7. The van der Waals surface area contributed by atoms with Crippen molar-refractivity contribution in [1.29, 1.82) is 0 Å². The molecule has 3 rings (SSSR count). The molecule has 102 valence electrons. The van der Waals surface area contributed by atoms with Crippen molar-refractivity contribution in [2.24, 2.45) is 0 Å². The largest absolute Gasteiger partial charge is 0.493 e. The molecule has 0 fully saturated rings. The molecule has 0 bridgehead atoms. The molecule has 1 aliphatic carbocycles. The van der Waals surface area contributed by atoms with Crippen molar-refractivity contribution in [2.45, 2.75) is 38.5 Å². The lowest BCUT2D eigenvalue weighted by Crippen LogP contribution is -2.18. The third-order valence-electron chi connectivity index (χ3n) is 4.10. The minimum absolute atomic E-state index is 0.853. The number of hydrogen-bond donors (Lipinski definition) is 1. The van der Waals surface area contributed by atoms with E-state index in [0.29, 0.717) is 0 Å². The second kappa shape index (κ2) is 6.25.